The Labute approximate surface area is 175 Å². The highest BCUT2D eigenvalue weighted by Gasteiger charge is 2.32. The number of hydrogen-bond acceptors (Lipinski definition) is 4. The molecule has 0 spiro atoms. The summed E-state index contributed by atoms with van der Waals surface area (Å²) in [7, 11) is 3.22. The van der Waals surface area contributed by atoms with Gasteiger partial charge in [-0.15, -0.1) is 0 Å². The summed E-state index contributed by atoms with van der Waals surface area (Å²) in [4.78, 5) is 19.7. The van der Waals surface area contributed by atoms with E-state index < -0.39 is 0 Å². The van der Waals surface area contributed by atoms with Gasteiger partial charge in [-0.25, -0.2) is 4.99 Å². The van der Waals surface area contributed by atoms with Crippen LogP contribution >= 0.6 is 0 Å². The lowest BCUT2D eigenvalue weighted by atomic mass is 10.1. The van der Waals surface area contributed by atoms with E-state index in [1.165, 1.54) is 0 Å². The number of anilines is 1. The van der Waals surface area contributed by atoms with Crippen LogP contribution in [-0.4, -0.2) is 26.0 Å². The smallest absolute Gasteiger partial charge is 0.282 e. The van der Waals surface area contributed by atoms with Crippen molar-refractivity contribution in [1.29, 1.82) is 0 Å². The number of carbonyl (C=O) groups is 1. The van der Waals surface area contributed by atoms with Gasteiger partial charge in [0.1, 0.15) is 23.0 Å². The van der Waals surface area contributed by atoms with Crippen LogP contribution < -0.4 is 14.4 Å². The predicted octanol–water partition coefficient (Wildman–Crippen LogP) is 4.85. The first-order chi connectivity index (χ1) is 14.6. The molecule has 4 rings (SSSR count). The van der Waals surface area contributed by atoms with E-state index in [1.54, 1.807) is 25.2 Å². The average molecular weight is 398 g/mol. The molecule has 0 unspecified atom stereocenters. The van der Waals surface area contributed by atoms with Crippen LogP contribution in [0.2, 0.25) is 0 Å². The molecule has 1 aliphatic heterocycles. The molecule has 0 N–H and O–H groups in total. The first kappa shape index (κ1) is 19.5. The van der Waals surface area contributed by atoms with Crippen LogP contribution in [0.15, 0.2) is 83.5 Å². The minimum atomic E-state index is -0.193. The highest BCUT2D eigenvalue weighted by Crippen LogP contribution is 2.30. The van der Waals surface area contributed by atoms with E-state index in [-0.39, 0.29) is 5.91 Å². The van der Waals surface area contributed by atoms with E-state index >= 15 is 0 Å². The Hall–Kier alpha value is -3.86. The number of para-hydroxylation sites is 1. The van der Waals surface area contributed by atoms with E-state index in [1.807, 2.05) is 79.7 Å². The van der Waals surface area contributed by atoms with Gasteiger partial charge in [0.05, 0.1) is 19.9 Å². The molecule has 1 amide bonds. The molecule has 0 aromatic heterocycles. The molecule has 0 saturated heterocycles. The maximum atomic E-state index is 13.4. The van der Waals surface area contributed by atoms with Crippen LogP contribution in [0.4, 0.5) is 5.69 Å². The van der Waals surface area contributed by atoms with Gasteiger partial charge < -0.3 is 9.47 Å². The van der Waals surface area contributed by atoms with Crippen molar-refractivity contribution in [2.75, 3.05) is 19.1 Å². The van der Waals surface area contributed by atoms with Crippen molar-refractivity contribution in [3.63, 3.8) is 0 Å². The third kappa shape index (κ3) is 3.70. The summed E-state index contributed by atoms with van der Waals surface area (Å²) in [6.45, 7) is 2.03. The SMILES string of the molecule is COc1ccc(N2C(=O)/C(=C\c3ccccc3OC)N=C2c2ccc(C)cc2)cc1. The van der Waals surface area contributed by atoms with Gasteiger partial charge in [-0.1, -0.05) is 48.0 Å². The van der Waals surface area contributed by atoms with Crippen LogP contribution in [0.25, 0.3) is 6.08 Å². The van der Waals surface area contributed by atoms with Crippen molar-refractivity contribution in [3.8, 4) is 11.5 Å². The maximum absolute atomic E-state index is 13.4. The molecule has 1 aliphatic rings. The largest absolute Gasteiger partial charge is 0.497 e. The minimum absolute atomic E-state index is 0.193. The molecule has 0 atom stereocenters. The maximum Gasteiger partial charge on any atom is 0.282 e. The Morgan fingerprint density at radius 1 is 0.867 bits per heavy atom. The molecular weight excluding hydrogens is 376 g/mol. The van der Waals surface area contributed by atoms with Gasteiger partial charge in [-0.2, -0.15) is 0 Å². The molecule has 0 aliphatic carbocycles. The zero-order chi connectivity index (χ0) is 21.1. The summed E-state index contributed by atoms with van der Waals surface area (Å²) in [5, 5.41) is 0. The second kappa shape index (κ2) is 8.25. The van der Waals surface area contributed by atoms with E-state index in [0.29, 0.717) is 17.3 Å². The fourth-order valence-corrected chi connectivity index (χ4v) is 3.32. The number of amides is 1. The number of carbonyl (C=O) groups excluding carboxylic acids is 1. The number of ether oxygens (including phenoxy) is 2. The quantitative estimate of drug-likeness (QED) is 0.578. The molecule has 5 nitrogen and oxygen atoms in total. The van der Waals surface area contributed by atoms with E-state index in [2.05, 4.69) is 0 Å². The second-order valence-electron chi connectivity index (χ2n) is 6.91. The zero-order valence-electron chi connectivity index (χ0n) is 17.1. The number of amidine groups is 1. The van der Waals surface area contributed by atoms with Crippen molar-refractivity contribution in [2.45, 2.75) is 6.92 Å². The summed E-state index contributed by atoms with van der Waals surface area (Å²) >= 11 is 0. The second-order valence-corrected chi connectivity index (χ2v) is 6.91. The number of hydrogen-bond donors (Lipinski definition) is 0. The summed E-state index contributed by atoms with van der Waals surface area (Å²) in [6.07, 6.45) is 1.76. The molecule has 1 heterocycles. The summed E-state index contributed by atoms with van der Waals surface area (Å²) in [5.41, 5.74) is 3.89. The monoisotopic (exact) mass is 398 g/mol. The number of aryl methyl sites for hydroxylation is 1. The van der Waals surface area contributed by atoms with E-state index in [4.69, 9.17) is 14.5 Å². The molecule has 5 heteroatoms. The van der Waals surface area contributed by atoms with Crippen LogP contribution in [0.5, 0.6) is 11.5 Å². The molecule has 0 radical (unpaired) electrons. The average Bonchev–Trinajstić information content (AvgIpc) is 3.10. The highest BCUT2D eigenvalue weighted by molar-refractivity contribution is 6.33. The van der Waals surface area contributed by atoms with Crippen molar-refractivity contribution in [2.24, 2.45) is 4.99 Å². The molecule has 0 bridgehead atoms. The van der Waals surface area contributed by atoms with Gasteiger partial charge in [0.25, 0.3) is 5.91 Å². The molecule has 0 saturated carbocycles. The van der Waals surface area contributed by atoms with Crippen molar-refractivity contribution >= 4 is 23.5 Å². The van der Waals surface area contributed by atoms with E-state index in [0.717, 1.165) is 28.1 Å². The molecular formula is C25H22N2O3. The van der Waals surface area contributed by atoms with Gasteiger partial charge in [-0.05, 0) is 43.3 Å². The first-order valence-corrected chi connectivity index (χ1v) is 9.59. The Morgan fingerprint density at radius 3 is 2.23 bits per heavy atom. The van der Waals surface area contributed by atoms with Gasteiger partial charge in [-0.3, -0.25) is 9.69 Å². The summed E-state index contributed by atoms with van der Waals surface area (Å²) < 4.78 is 10.7. The van der Waals surface area contributed by atoms with Crippen molar-refractivity contribution < 1.29 is 14.3 Å². The number of methoxy groups -OCH3 is 2. The highest BCUT2D eigenvalue weighted by atomic mass is 16.5. The van der Waals surface area contributed by atoms with Gasteiger partial charge in [0.2, 0.25) is 0 Å². The van der Waals surface area contributed by atoms with Gasteiger partial charge >= 0.3 is 0 Å². The Kier molecular flexibility index (Phi) is 5.35. The molecule has 30 heavy (non-hydrogen) atoms. The lowest BCUT2D eigenvalue weighted by Gasteiger charge is -2.19. The van der Waals surface area contributed by atoms with Crippen LogP contribution in [0.3, 0.4) is 0 Å². The Balaban J connectivity index is 1.82. The normalized spacial score (nSPS) is 14.8. The number of nitrogens with zero attached hydrogens (tertiary/aromatic N) is 2. The first-order valence-electron chi connectivity index (χ1n) is 9.59. The lowest BCUT2D eigenvalue weighted by molar-refractivity contribution is -0.113. The standard InChI is InChI=1S/C25H22N2O3/c1-17-8-10-18(11-9-17)24-26-22(16-19-6-4-5-7-23(19)30-3)25(28)27(24)20-12-14-21(29-2)15-13-20/h4-16H,1-3H3/b22-16+. The third-order valence-electron chi connectivity index (χ3n) is 4.93. The zero-order valence-corrected chi connectivity index (χ0v) is 17.1. The molecule has 0 fully saturated rings. The fraction of sp³-hybridized carbons (Fsp3) is 0.120. The van der Waals surface area contributed by atoms with Gasteiger partial charge in [0.15, 0.2) is 0 Å². The topological polar surface area (TPSA) is 51.1 Å². The number of benzene rings is 3. The van der Waals surface area contributed by atoms with E-state index in [9.17, 15) is 4.79 Å². The number of rotatable bonds is 5. The Bertz CT molecular complexity index is 1130. The third-order valence-corrected chi connectivity index (χ3v) is 4.93. The van der Waals surface area contributed by atoms with Crippen LogP contribution in [0, 0.1) is 6.92 Å². The number of aliphatic imine (C=N–C) groups is 1. The van der Waals surface area contributed by atoms with Crippen molar-refractivity contribution in [3.05, 3.63) is 95.2 Å². The van der Waals surface area contributed by atoms with Crippen LogP contribution in [-0.2, 0) is 4.79 Å². The predicted molar refractivity (Wildman–Crippen MR) is 119 cm³/mol. The molecule has 3 aromatic carbocycles. The van der Waals surface area contributed by atoms with Crippen molar-refractivity contribution in [1.82, 2.24) is 0 Å². The van der Waals surface area contributed by atoms with Crippen LogP contribution in [0.1, 0.15) is 16.7 Å². The fourth-order valence-electron chi connectivity index (χ4n) is 3.32. The minimum Gasteiger partial charge on any atom is -0.497 e. The summed E-state index contributed by atoms with van der Waals surface area (Å²) in [6, 6.07) is 22.9. The lowest BCUT2D eigenvalue weighted by Crippen LogP contribution is -2.32. The van der Waals surface area contributed by atoms with Gasteiger partial charge in [0, 0.05) is 11.1 Å². The molecule has 3 aromatic rings. The molecule has 150 valence electrons. The summed E-state index contributed by atoms with van der Waals surface area (Å²) in [5.74, 6) is 1.81. The Morgan fingerprint density at radius 2 is 1.57 bits per heavy atom.